The summed E-state index contributed by atoms with van der Waals surface area (Å²) in [6.07, 6.45) is 1.79. The number of nitrogens with one attached hydrogen (secondary N) is 1. The Morgan fingerprint density at radius 2 is 1.73 bits per heavy atom. The molecule has 0 spiro atoms. The molecule has 0 radical (unpaired) electrons. The first-order chi connectivity index (χ1) is 14.2. The fraction of sp³-hybridized carbons (Fsp3) is 0.409. The minimum atomic E-state index is -3.76. The van der Waals surface area contributed by atoms with Gasteiger partial charge in [-0.3, -0.25) is 9.10 Å². The van der Waals surface area contributed by atoms with Crippen LogP contribution in [0.15, 0.2) is 48.5 Å². The molecular formula is C22H30N2O5S. The predicted molar refractivity (Wildman–Crippen MR) is 119 cm³/mol. The summed E-state index contributed by atoms with van der Waals surface area (Å²) in [5, 5.41) is 2.99. The molecule has 0 unspecified atom stereocenters. The molecule has 0 aromatic heterocycles. The molecule has 0 heterocycles. The third-order valence-electron chi connectivity index (χ3n) is 4.59. The number of sulfonamides is 1. The molecule has 164 valence electrons. The molecule has 1 amide bonds. The maximum absolute atomic E-state index is 12.9. The monoisotopic (exact) mass is 434 g/mol. The Bertz CT molecular complexity index is 945. The molecule has 7 nitrogen and oxygen atoms in total. The average Bonchev–Trinajstić information content (AvgIpc) is 2.70. The van der Waals surface area contributed by atoms with Crippen LogP contribution in [0.3, 0.4) is 0 Å². The number of anilines is 1. The van der Waals surface area contributed by atoms with Gasteiger partial charge in [0, 0.05) is 6.07 Å². The second kappa shape index (κ2) is 10.3. The summed E-state index contributed by atoms with van der Waals surface area (Å²) in [7, 11) is -0.827. The topological polar surface area (TPSA) is 84.9 Å². The van der Waals surface area contributed by atoms with E-state index in [2.05, 4.69) is 19.2 Å². The number of rotatable bonds is 10. The van der Waals surface area contributed by atoms with Gasteiger partial charge in [-0.2, -0.15) is 0 Å². The van der Waals surface area contributed by atoms with Crippen LogP contribution in [0, 0.1) is 5.92 Å². The Labute approximate surface area is 179 Å². The van der Waals surface area contributed by atoms with Gasteiger partial charge in [-0.05, 0) is 30.0 Å². The number of hydrogen-bond acceptors (Lipinski definition) is 5. The van der Waals surface area contributed by atoms with E-state index in [0.29, 0.717) is 17.4 Å². The molecule has 0 aliphatic rings. The first-order valence-electron chi connectivity index (χ1n) is 9.69. The van der Waals surface area contributed by atoms with Gasteiger partial charge >= 0.3 is 0 Å². The third-order valence-corrected chi connectivity index (χ3v) is 5.71. The van der Waals surface area contributed by atoms with Gasteiger partial charge in [-0.15, -0.1) is 0 Å². The highest BCUT2D eigenvalue weighted by molar-refractivity contribution is 7.92. The summed E-state index contributed by atoms with van der Waals surface area (Å²) in [4.78, 5) is 12.9. The molecule has 0 fully saturated rings. The maximum atomic E-state index is 12.9. The number of ether oxygens (including phenoxy) is 2. The lowest BCUT2D eigenvalue weighted by Gasteiger charge is -2.26. The zero-order chi connectivity index (χ0) is 22.3. The number of methoxy groups -OCH3 is 2. The molecule has 2 aromatic rings. The number of nitrogens with zero attached hydrogens (tertiary/aromatic N) is 1. The summed E-state index contributed by atoms with van der Waals surface area (Å²) in [6, 6.07) is 14.2. The average molecular weight is 435 g/mol. The van der Waals surface area contributed by atoms with Gasteiger partial charge in [0.1, 0.15) is 18.0 Å². The SMILES string of the molecule is COc1ccc(OC)c(N(CC(=O)N[C@H](CC(C)C)c2ccccc2)S(C)(=O)=O)c1. The molecule has 1 atom stereocenters. The predicted octanol–water partition coefficient (Wildman–Crippen LogP) is 3.37. The molecule has 2 rings (SSSR count). The molecule has 0 aliphatic heterocycles. The lowest BCUT2D eigenvalue weighted by Crippen LogP contribution is -2.42. The van der Waals surface area contributed by atoms with Crippen molar-refractivity contribution in [1.82, 2.24) is 5.32 Å². The Hall–Kier alpha value is -2.74. The van der Waals surface area contributed by atoms with Crippen molar-refractivity contribution in [2.75, 3.05) is 31.3 Å². The Kier molecular flexibility index (Phi) is 8.11. The summed E-state index contributed by atoms with van der Waals surface area (Å²) in [5.74, 6) is 0.734. The summed E-state index contributed by atoms with van der Waals surface area (Å²) in [6.45, 7) is 3.78. The van der Waals surface area contributed by atoms with Crippen LogP contribution in [-0.2, 0) is 14.8 Å². The molecule has 8 heteroatoms. The van der Waals surface area contributed by atoms with Crippen molar-refractivity contribution in [3.8, 4) is 11.5 Å². The van der Waals surface area contributed by atoms with Gasteiger partial charge in [0.15, 0.2) is 0 Å². The van der Waals surface area contributed by atoms with Crippen LogP contribution in [0.5, 0.6) is 11.5 Å². The zero-order valence-corrected chi connectivity index (χ0v) is 18.9. The zero-order valence-electron chi connectivity index (χ0n) is 18.1. The van der Waals surface area contributed by atoms with E-state index in [1.54, 1.807) is 12.1 Å². The van der Waals surface area contributed by atoms with Crippen LogP contribution in [0.2, 0.25) is 0 Å². The fourth-order valence-corrected chi connectivity index (χ4v) is 4.03. The number of carbonyl (C=O) groups is 1. The van der Waals surface area contributed by atoms with Crippen LogP contribution < -0.4 is 19.1 Å². The van der Waals surface area contributed by atoms with Crippen molar-refractivity contribution in [3.63, 3.8) is 0 Å². The van der Waals surface area contributed by atoms with Gasteiger partial charge in [-0.1, -0.05) is 44.2 Å². The highest BCUT2D eigenvalue weighted by atomic mass is 32.2. The molecule has 0 aliphatic carbocycles. The van der Waals surface area contributed by atoms with Crippen LogP contribution in [0.4, 0.5) is 5.69 Å². The summed E-state index contributed by atoms with van der Waals surface area (Å²) < 4.78 is 36.6. The minimum absolute atomic E-state index is 0.215. The van der Waals surface area contributed by atoms with Crippen molar-refractivity contribution < 1.29 is 22.7 Å². The van der Waals surface area contributed by atoms with E-state index in [0.717, 1.165) is 22.5 Å². The molecule has 2 aromatic carbocycles. The van der Waals surface area contributed by atoms with Gasteiger partial charge < -0.3 is 14.8 Å². The molecule has 1 N–H and O–H groups in total. The molecule has 0 bridgehead atoms. The summed E-state index contributed by atoms with van der Waals surface area (Å²) >= 11 is 0. The molecule has 0 saturated carbocycles. The minimum Gasteiger partial charge on any atom is -0.497 e. The Morgan fingerprint density at radius 1 is 1.07 bits per heavy atom. The molecular weight excluding hydrogens is 404 g/mol. The number of benzene rings is 2. The van der Waals surface area contributed by atoms with E-state index in [-0.39, 0.29) is 18.3 Å². The standard InChI is InChI=1S/C22H30N2O5S/c1-16(2)13-19(17-9-7-6-8-10-17)23-22(25)15-24(30(5,26)27)20-14-18(28-3)11-12-21(20)29-4/h6-12,14,16,19H,13,15H2,1-5H3,(H,23,25)/t19-/m1/s1. The van der Waals surface area contributed by atoms with Crippen LogP contribution >= 0.6 is 0 Å². The van der Waals surface area contributed by atoms with Crippen molar-refractivity contribution in [2.24, 2.45) is 5.92 Å². The first-order valence-corrected chi connectivity index (χ1v) is 11.5. The quantitative estimate of drug-likeness (QED) is 0.620. The van der Waals surface area contributed by atoms with Crippen molar-refractivity contribution in [3.05, 3.63) is 54.1 Å². The normalized spacial score (nSPS) is 12.3. The Balaban J connectivity index is 2.32. The van der Waals surface area contributed by atoms with Gasteiger partial charge in [0.05, 0.1) is 32.2 Å². The highest BCUT2D eigenvalue weighted by Crippen LogP contribution is 2.33. The second-order valence-electron chi connectivity index (χ2n) is 7.47. The fourth-order valence-electron chi connectivity index (χ4n) is 3.18. The Morgan fingerprint density at radius 3 is 2.27 bits per heavy atom. The molecule has 30 heavy (non-hydrogen) atoms. The van der Waals surface area contributed by atoms with Crippen molar-refractivity contribution in [1.29, 1.82) is 0 Å². The molecule has 0 saturated heterocycles. The third kappa shape index (κ3) is 6.38. The first kappa shape index (κ1) is 23.5. The van der Waals surface area contributed by atoms with Crippen LogP contribution in [0.1, 0.15) is 31.9 Å². The second-order valence-corrected chi connectivity index (χ2v) is 9.37. The van der Waals surface area contributed by atoms with E-state index in [1.165, 1.54) is 20.3 Å². The largest absolute Gasteiger partial charge is 0.497 e. The van der Waals surface area contributed by atoms with Gasteiger partial charge in [0.25, 0.3) is 0 Å². The maximum Gasteiger partial charge on any atom is 0.241 e. The van der Waals surface area contributed by atoms with Crippen molar-refractivity contribution >= 4 is 21.6 Å². The lowest BCUT2D eigenvalue weighted by molar-refractivity contribution is -0.120. The number of amides is 1. The number of hydrogen-bond donors (Lipinski definition) is 1. The van der Waals surface area contributed by atoms with E-state index >= 15 is 0 Å². The summed E-state index contributed by atoms with van der Waals surface area (Å²) in [5.41, 5.74) is 1.22. The van der Waals surface area contributed by atoms with Crippen LogP contribution in [-0.4, -0.2) is 41.3 Å². The van der Waals surface area contributed by atoms with Crippen LogP contribution in [0.25, 0.3) is 0 Å². The van der Waals surface area contributed by atoms with Gasteiger partial charge in [-0.25, -0.2) is 8.42 Å². The van der Waals surface area contributed by atoms with E-state index in [1.807, 2.05) is 30.3 Å². The van der Waals surface area contributed by atoms with Gasteiger partial charge in [0.2, 0.25) is 15.9 Å². The van der Waals surface area contributed by atoms with E-state index < -0.39 is 15.9 Å². The van der Waals surface area contributed by atoms with E-state index in [9.17, 15) is 13.2 Å². The van der Waals surface area contributed by atoms with E-state index in [4.69, 9.17) is 9.47 Å². The lowest BCUT2D eigenvalue weighted by atomic mass is 9.97. The highest BCUT2D eigenvalue weighted by Gasteiger charge is 2.26. The smallest absolute Gasteiger partial charge is 0.241 e. The van der Waals surface area contributed by atoms with Crippen molar-refractivity contribution in [2.45, 2.75) is 26.3 Å². The number of carbonyl (C=O) groups excluding carboxylic acids is 1.